The van der Waals surface area contributed by atoms with Crippen molar-refractivity contribution in [2.75, 3.05) is 26.3 Å². The van der Waals surface area contributed by atoms with Gasteiger partial charge in [0, 0.05) is 43.9 Å². The summed E-state index contributed by atoms with van der Waals surface area (Å²) in [4.78, 5) is 18.8. The van der Waals surface area contributed by atoms with Crippen LogP contribution in [0.1, 0.15) is 70.2 Å². The Hall–Kier alpha value is -2.66. The van der Waals surface area contributed by atoms with Gasteiger partial charge in [0.05, 0.1) is 17.9 Å². The van der Waals surface area contributed by atoms with Crippen LogP contribution in [0, 0.1) is 5.82 Å². The second-order valence-electron chi connectivity index (χ2n) is 10.8. The molecule has 2 aliphatic rings. The number of benzene rings is 1. The first-order chi connectivity index (χ1) is 17.9. The summed E-state index contributed by atoms with van der Waals surface area (Å²) in [5.41, 5.74) is -1.41. The summed E-state index contributed by atoms with van der Waals surface area (Å²) in [5, 5.41) is 0. The van der Waals surface area contributed by atoms with Crippen LogP contribution in [-0.4, -0.2) is 58.7 Å². The number of carbonyl (C=O) groups is 1. The Balaban J connectivity index is 1.53. The maximum atomic E-state index is 13.9. The highest BCUT2D eigenvalue weighted by Gasteiger charge is 2.35. The Kier molecular flexibility index (Phi) is 8.66. The van der Waals surface area contributed by atoms with E-state index in [4.69, 9.17) is 19.2 Å². The van der Waals surface area contributed by atoms with Crippen LogP contribution >= 0.6 is 0 Å². The number of halogens is 4. The number of likely N-dealkylation sites (tertiary alicyclic amines) is 1. The van der Waals surface area contributed by atoms with E-state index < -0.39 is 23.2 Å². The van der Waals surface area contributed by atoms with Crippen LogP contribution in [0.2, 0.25) is 0 Å². The van der Waals surface area contributed by atoms with Crippen molar-refractivity contribution < 1.29 is 36.6 Å². The fourth-order valence-corrected chi connectivity index (χ4v) is 4.75. The number of amides is 1. The molecule has 0 saturated carbocycles. The average Bonchev–Trinajstić information content (AvgIpc) is 3.27. The summed E-state index contributed by atoms with van der Waals surface area (Å²) >= 11 is 0. The average molecular weight is 542 g/mol. The van der Waals surface area contributed by atoms with Gasteiger partial charge in [-0.1, -0.05) is 0 Å². The fourth-order valence-electron chi connectivity index (χ4n) is 4.75. The van der Waals surface area contributed by atoms with E-state index in [9.17, 15) is 22.4 Å². The van der Waals surface area contributed by atoms with Crippen molar-refractivity contribution in [2.45, 2.75) is 83.4 Å². The van der Waals surface area contributed by atoms with Crippen molar-refractivity contribution in [3.8, 4) is 11.3 Å². The molecule has 2 fully saturated rings. The molecule has 1 unspecified atom stereocenters. The maximum absolute atomic E-state index is 13.9. The van der Waals surface area contributed by atoms with E-state index in [0.29, 0.717) is 57.2 Å². The minimum Gasteiger partial charge on any atom is -0.444 e. The number of ether oxygens (including phenoxy) is 3. The second-order valence-corrected chi connectivity index (χ2v) is 10.8. The normalized spacial score (nSPS) is 19.6. The molecule has 2 aromatic rings. The zero-order valence-electron chi connectivity index (χ0n) is 22.0. The smallest absolute Gasteiger partial charge is 0.419 e. The molecule has 0 N–H and O–H groups in total. The maximum Gasteiger partial charge on any atom is 0.419 e. The molecule has 2 saturated heterocycles. The lowest BCUT2D eigenvalue weighted by atomic mass is 9.96. The molecule has 1 amide bonds. The molecule has 0 radical (unpaired) electrons. The van der Waals surface area contributed by atoms with Gasteiger partial charge in [0.2, 0.25) is 0 Å². The predicted octanol–water partition coefficient (Wildman–Crippen LogP) is 6.37. The molecule has 7 nitrogen and oxygen atoms in total. The molecule has 1 atom stereocenters. The van der Waals surface area contributed by atoms with E-state index in [1.54, 1.807) is 11.1 Å². The summed E-state index contributed by atoms with van der Waals surface area (Å²) in [6.07, 6.45) is 0.356. The zero-order chi connectivity index (χ0) is 27.5. The molecule has 0 spiro atoms. The van der Waals surface area contributed by atoms with Crippen LogP contribution in [0.3, 0.4) is 0 Å². The monoisotopic (exact) mass is 541 g/mol. The predicted molar refractivity (Wildman–Crippen MR) is 132 cm³/mol. The highest BCUT2D eigenvalue weighted by molar-refractivity contribution is 5.68. The number of alkyl halides is 3. The second kappa shape index (κ2) is 11.6. The lowest BCUT2D eigenvalue weighted by Crippen LogP contribution is -2.41. The van der Waals surface area contributed by atoms with Crippen LogP contribution < -0.4 is 0 Å². The summed E-state index contributed by atoms with van der Waals surface area (Å²) in [6.45, 7) is 7.84. The molecule has 3 heterocycles. The Labute approximate surface area is 220 Å². The van der Waals surface area contributed by atoms with Crippen molar-refractivity contribution in [1.29, 1.82) is 0 Å². The van der Waals surface area contributed by atoms with Crippen molar-refractivity contribution >= 4 is 6.09 Å². The zero-order valence-corrected chi connectivity index (χ0v) is 22.0. The first kappa shape index (κ1) is 28.4. The summed E-state index contributed by atoms with van der Waals surface area (Å²) < 4.78 is 72.8. The van der Waals surface area contributed by atoms with Crippen LogP contribution in [0.5, 0.6) is 0 Å². The van der Waals surface area contributed by atoms with Gasteiger partial charge in [-0.15, -0.1) is 0 Å². The highest BCUT2D eigenvalue weighted by Crippen LogP contribution is 2.35. The van der Waals surface area contributed by atoms with E-state index in [0.717, 1.165) is 31.4 Å². The molecule has 1 aromatic carbocycles. The van der Waals surface area contributed by atoms with E-state index in [-0.39, 0.29) is 23.9 Å². The number of carbonyl (C=O) groups excluding carboxylic acids is 1. The largest absolute Gasteiger partial charge is 0.444 e. The number of hydrogen-bond donors (Lipinski definition) is 0. The van der Waals surface area contributed by atoms with Crippen LogP contribution in [0.4, 0.5) is 22.4 Å². The van der Waals surface area contributed by atoms with Crippen LogP contribution in [-0.2, 0) is 26.9 Å². The summed E-state index contributed by atoms with van der Waals surface area (Å²) in [6, 6.07) is 2.92. The molecular formula is C27H35F4N3O4. The number of rotatable bonds is 6. The van der Waals surface area contributed by atoms with Crippen LogP contribution in [0.25, 0.3) is 11.3 Å². The molecular weight excluding hydrogens is 506 g/mol. The van der Waals surface area contributed by atoms with Crippen molar-refractivity contribution in [1.82, 2.24) is 14.5 Å². The SMILES string of the molecule is CC(C)(C)OC(=O)N1CCC(c2nc(-c3ccc(F)c(C(F)(F)F)c3)cn2CCOC2CCCCO2)CC1. The first-order valence-corrected chi connectivity index (χ1v) is 13.1. The number of nitrogens with zero attached hydrogens (tertiary/aromatic N) is 3. The van der Waals surface area contributed by atoms with Gasteiger partial charge in [0.15, 0.2) is 6.29 Å². The van der Waals surface area contributed by atoms with Crippen molar-refractivity contribution in [3.63, 3.8) is 0 Å². The molecule has 2 aliphatic heterocycles. The molecule has 11 heteroatoms. The van der Waals surface area contributed by atoms with Gasteiger partial charge in [-0.2, -0.15) is 13.2 Å². The lowest BCUT2D eigenvalue weighted by molar-refractivity contribution is -0.163. The van der Waals surface area contributed by atoms with Gasteiger partial charge in [-0.05, 0) is 71.1 Å². The van der Waals surface area contributed by atoms with Gasteiger partial charge in [0.1, 0.15) is 17.2 Å². The van der Waals surface area contributed by atoms with Crippen LogP contribution in [0.15, 0.2) is 24.4 Å². The van der Waals surface area contributed by atoms with Gasteiger partial charge in [-0.3, -0.25) is 0 Å². The topological polar surface area (TPSA) is 65.8 Å². The summed E-state index contributed by atoms with van der Waals surface area (Å²) in [7, 11) is 0. The minimum atomic E-state index is -4.81. The van der Waals surface area contributed by atoms with Gasteiger partial charge >= 0.3 is 12.3 Å². The Morgan fingerprint density at radius 2 is 1.87 bits per heavy atom. The third-order valence-corrected chi connectivity index (χ3v) is 6.66. The fraction of sp³-hybridized carbons (Fsp3) is 0.630. The molecule has 210 valence electrons. The quantitative estimate of drug-likeness (QED) is 0.398. The number of aromatic nitrogens is 2. The molecule has 4 rings (SSSR count). The van der Waals surface area contributed by atoms with E-state index in [1.165, 1.54) is 6.07 Å². The van der Waals surface area contributed by atoms with E-state index in [1.807, 2.05) is 25.3 Å². The standard InChI is InChI=1S/C27H35F4N3O4/c1-26(2,3)38-25(35)33-11-9-18(10-12-33)24-32-22(19-7-8-21(28)20(16-19)27(29,30)31)17-34(24)13-15-37-23-6-4-5-14-36-23/h7-8,16-18,23H,4-6,9-15H2,1-3H3. The van der Waals surface area contributed by atoms with Gasteiger partial charge < -0.3 is 23.7 Å². The van der Waals surface area contributed by atoms with Gasteiger partial charge in [0.25, 0.3) is 0 Å². The number of hydrogen-bond acceptors (Lipinski definition) is 5. The lowest BCUT2D eigenvalue weighted by Gasteiger charge is -2.33. The number of imidazole rings is 1. The van der Waals surface area contributed by atoms with Gasteiger partial charge in [-0.25, -0.2) is 14.2 Å². The first-order valence-electron chi connectivity index (χ1n) is 13.1. The molecule has 0 bridgehead atoms. The van der Waals surface area contributed by atoms with Crippen molar-refractivity contribution in [2.24, 2.45) is 0 Å². The third kappa shape index (κ3) is 7.25. The summed E-state index contributed by atoms with van der Waals surface area (Å²) in [5.74, 6) is -0.637. The third-order valence-electron chi connectivity index (χ3n) is 6.66. The number of piperidine rings is 1. The van der Waals surface area contributed by atoms with E-state index >= 15 is 0 Å². The Bertz CT molecular complexity index is 1100. The Morgan fingerprint density at radius 3 is 2.50 bits per heavy atom. The Morgan fingerprint density at radius 1 is 1.13 bits per heavy atom. The molecule has 0 aliphatic carbocycles. The highest BCUT2D eigenvalue weighted by atomic mass is 19.4. The van der Waals surface area contributed by atoms with E-state index in [2.05, 4.69) is 0 Å². The van der Waals surface area contributed by atoms with Crippen molar-refractivity contribution in [3.05, 3.63) is 41.6 Å². The minimum absolute atomic E-state index is 0.0177. The molecule has 1 aromatic heterocycles. The molecule has 38 heavy (non-hydrogen) atoms.